The van der Waals surface area contributed by atoms with Crippen molar-refractivity contribution in [2.24, 2.45) is 5.92 Å². The maximum atomic E-state index is 13.0. The fourth-order valence-corrected chi connectivity index (χ4v) is 3.89. The van der Waals surface area contributed by atoms with Gasteiger partial charge in [0.15, 0.2) is 0 Å². The first kappa shape index (κ1) is 15.4. The van der Waals surface area contributed by atoms with Crippen LogP contribution in [0.3, 0.4) is 0 Å². The fourth-order valence-electron chi connectivity index (χ4n) is 3.89. The summed E-state index contributed by atoms with van der Waals surface area (Å²) < 4.78 is 1.55. The molecular weight excluding hydrogens is 320 g/mol. The van der Waals surface area contributed by atoms with Crippen LogP contribution in [-0.2, 0) is 0 Å². The molecule has 3 heterocycles. The van der Waals surface area contributed by atoms with Crippen molar-refractivity contribution in [2.75, 3.05) is 0 Å². The van der Waals surface area contributed by atoms with Crippen LogP contribution in [0.25, 0.3) is 22.3 Å². The molecule has 0 amide bonds. The number of fused-ring (bicyclic) bond motifs is 1. The normalized spacial score (nSPS) is 16.3. The summed E-state index contributed by atoms with van der Waals surface area (Å²) in [5.74, 6) is 0.326. The van der Waals surface area contributed by atoms with Crippen molar-refractivity contribution in [3.8, 4) is 17.3 Å². The van der Waals surface area contributed by atoms with Crippen molar-refractivity contribution in [3.63, 3.8) is 0 Å². The SMILES string of the molecule is N#CCC(C1CCCC1)n1[nH]cc(-c2[nH]c(=O)nc3[nH]ccc23)c1=O. The van der Waals surface area contributed by atoms with Crippen molar-refractivity contribution in [1.82, 2.24) is 24.7 Å². The molecule has 0 bridgehead atoms. The average Bonchev–Trinajstić information content (AvgIpc) is 3.33. The minimum absolute atomic E-state index is 0.163. The third-order valence-electron chi connectivity index (χ3n) is 5.08. The zero-order valence-electron chi connectivity index (χ0n) is 13.6. The van der Waals surface area contributed by atoms with Gasteiger partial charge in [0.2, 0.25) is 0 Å². The zero-order valence-corrected chi connectivity index (χ0v) is 13.6. The number of nitrogens with zero attached hydrogens (tertiary/aromatic N) is 3. The molecule has 0 aromatic carbocycles. The molecule has 8 heteroatoms. The van der Waals surface area contributed by atoms with E-state index in [9.17, 15) is 14.9 Å². The Morgan fingerprint density at radius 2 is 2.16 bits per heavy atom. The molecule has 1 aliphatic rings. The zero-order chi connectivity index (χ0) is 17.4. The van der Waals surface area contributed by atoms with E-state index in [1.165, 1.54) is 0 Å². The molecule has 0 aliphatic heterocycles. The second-order valence-electron chi connectivity index (χ2n) is 6.49. The van der Waals surface area contributed by atoms with Crippen LogP contribution in [-0.4, -0.2) is 24.7 Å². The number of aromatic nitrogens is 5. The Hall–Kier alpha value is -3.08. The summed E-state index contributed by atoms with van der Waals surface area (Å²) in [5.41, 5.74) is 0.525. The Labute approximate surface area is 142 Å². The first-order valence-corrected chi connectivity index (χ1v) is 8.43. The summed E-state index contributed by atoms with van der Waals surface area (Å²) in [6.45, 7) is 0. The van der Waals surface area contributed by atoms with E-state index in [1.807, 2.05) is 0 Å². The summed E-state index contributed by atoms with van der Waals surface area (Å²) in [5, 5.41) is 12.9. The van der Waals surface area contributed by atoms with Gasteiger partial charge in [-0.2, -0.15) is 10.2 Å². The van der Waals surface area contributed by atoms with E-state index in [0.717, 1.165) is 25.7 Å². The van der Waals surface area contributed by atoms with E-state index in [2.05, 4.69) is 26.1 Å². The van der Waals surface area contributed by atoms with Crippen LogP contribution in [0.2, 0.25) is 0 Å². The van der Waals surface area contributed by atoms with Gasteiger partial charge in [-0.1, -0.05) is 12.8 Å². The van der Waals surface area contributed by atoms with Gasteiger partial charge >= 0.3 is 5.69 Å². The molecule has 3 aromatic rings. The maximum Gasteiger partial charge on any atom is 0.347 e. The molecule has 1 saturated carbocycles. The fraction of sp³-hybridized carbons (Fsp3) is 0.412. The minimum atomic E-state index is -0.513. The predicted molar refractivity (Wildman–Crippen MR) is 92.0 cm³/mol. The lowest BCUT2D eigenvalue weighted by molar-refractivity contribution is 0.308. The van der Waals surface area contributed by atoms with E-state index >= 15 is 0 Å². The highest BCUT2D eigenvalue weighted by Gasteiger charge is 2.29. The molecule has 1 aliphatic carbocycles. The van der Waals surface area contributed by atoms with Crippen LogP contribution < -0.4 is 11.2 Å². The summed E-state index contributed by atoms with van der Waals surface area (Å²) in [6.07, 6.45) is 7.89. The van der Waals surface area contributed by atoms with Crippen LogP contribution in [0.1, 0.15) is 38.1 Å². The predicted octanol–water partition coefficient (Wildman–Crippen LogP) is 2.05. The number of hydrogen-bond acceptors (Lipinski definition) is 4. The summed E-state index contributed by atoms with van der Waals surface area (Å²) in [7, 11) is 0. The number of rotatable bonds is 4. The van der Waals surface area contributed by atoms with E-state index in [1.54, 1.807) is 23.1 Å². The molecule has 4 rings (SSSR count). The average molecular weight is 338 g/mol. The molecule has 0 spiro atoms. The van der Waals surface area contributed by atoms with Crippen LogP contribution in [0.5, 0.6) is 0 Å². The topological polar surface area (TPSA) is 123 Å². The minimum Gasteiger partial charge on any atom is -0.346 e. The van der Waals surface area contributed by atoms with Crippen molar-refractivity contribution in [3.05, 3.63) is 39.3 Å². The van der Waals surface area contributed by atoms with Gasteiger partial charge in [0.05, 0.1) is 29.8 Å². The van der Waals surface area contributed by atoms with Gasteiger partial charge in [0.25, 0.3) is 5.56 Å². The van der Waals surface area contributed by atoms with Crippen molar-refractivity contribution in [1.29, 1.82) is 5.26 Å². The molecule has 0 radical (unpaired) electrons. The summed E-state index contributed by atoms with van der Waals surface area (Å²) >= 11 is 0. The molecule has 3 N–H and O–H groups in total. The quantitative estimate of drug-likeness (QED) is 0.673. The van der Waals surface area contributed by atoms with E-state index in [4.69, 9.17) is 0 Å². The Balaban J connectivity index is 1.83. The molecular formula is C17H18N6O2. The highest BCUT2D eigenvalue weighted by molar-refractivity contribution is 5.89. The third kappa shape index (κ3) is 2.58. The molecule has 128 valence electrons. The molecule has 0 saturated heterocycles. The second-order valence-corrected chi connectivity index (χ2v) is 6.49. The van der Waals surface area contributed by atoms with Crippen LogP contribution in [0.15, 0.2) is 28.0 Å². The van der Waals surface area contributed by atoms with Gasteiger partial charge in [-0.3, -0.25) is 4.79 Å². The van der Waals surface area contributed by atoms with Crippen LogP contribution in [0.4, 0.5) is 0 Å². The van der Waals surface area contributed by atoms with Crippen LogP contribution in [0, 0.1) is 17.2 Å². The second kappa shape index (κ2) is 6.09. The Morgan fingerprint density at radius 1 is 1.36 bits per heavy atom. The molecule has 25 heavy (non-hydrogen) atoms. The summed E-state index contributed by atoms with van der Waals surface area (Å²) in [6, 6.07) is 3.81. The Morgan fingerprint density at radius 3 is 2.92 bits per heavy atom. The van der Waals surface area contributed by atoms with E-state index in [0.29, 0.717) is 28.2 Å². The van der Waals surface area contributed by atoms with Gasteiger partial charge < -0.3 is 15.1 Å². The van der Waals surface area contributed by atoms with Gasteiger partial charge in [-0.05, 0) is 24.8 Å². The van der Waals surface area contributed by atoms with E-state index < -0.39 is 5.69 Å². The smallest absolute Gasteiger partial charge is 0.346 e. The number of H-pyrrole nitrogens is 3. The van der Waals surface area contributed by atoms with Gasteiger partial charge in [-0.25, -0.2) is 9.48 Å². The third-order valence-corrected chi connectivity index (χ3v) is 5.08. The standard InChI is InChI=1S/C17H18N6O2/c18-7-5-13(10-3-1-2-4-10)23-16(24)12(9-20-23)14-11-6-8-19-15(11)22-17(25)21-14/h6,8-10,13,20H,1-5H2,(H2,19,21,22,25). The lowest BCUT2D eigenvalue weighted by atomic mass is 9.96. The molecule has 1 unspecified atom stereocenters. The lowest BCUT2D eigenvalue weighted by Crippen LogP contribution is -2.28. The molecule has 8 nitrogen and oxygen atoms in total. The highest BCUT2D eigenvalue weighted by Crippen LogP contribution is 2.35. The number of nitriles is 1. The molecule has 1 fully saturated rings. The monoisotopic (exact) mass is 338 g/mol. The first-order chi connectivity index (χ1) is 12.2. The largest absolute Gasteiger partial charge is 0.347 e. The Bertz CT molecular complexity index is 1060. The molecule has 1 atom stereocenters. The van der Waals surface area contributed by atoms with Gasteiger partial charge in [0, 0.05) is 17.8 Å². The van der Waals surface area contributed by atoms with Crippen molar-refractivity contribution in [2.45, 2.75) is 38.1 Å². The van der Waals surface area contributed by atoms with Crippen molar-refractivity contribution >= 4 is 11.0 Å². The van der Waals surface area contributed by atoms with E-state index in [-0.39, 0.29) is 18.0 Å². The number of nitrogens with one attached hydrogen (secondary N) is 3. The first-order valence-electron chi connectivity index (χ1n) is 8.43. The van der Waals surface area contributed by atoms with Gasteiger partial charge in [-0.15, -0.1) is 0 Å². The lowest BCUT2D eigenvalue weighted by Gasteiger charge is -2.21. The highest BCUT2D eigenvalue weighted by atomic mass is 16.1. The summed E-state index contributed by atoms with van der Waals surface area (Å²) in [4.78, 5) is 34.2. The maximum absolute atomic E-state index is 13.0. The van der Waals surface area contributed by atoms with Gasteiger partial charge in [0.1, 0.15) is 5.65 Å². The van der Waals surface area contributed by atoms with Crippen molar-refractivity contribution < 1.29 is 0 Å². The number of hydrogen-bond donors (Lipinski definition) is 3. The Kier molecular flexibility index (Phi) is 3.76. The molecule has 3 aromatic heterocycles. The van der Waals surface area contributed by atoms with Crippen LogP contribution >= 0.6 is 0 Å². The number of aromatic amines is 3.